The summed E-state index contributed by atoms with van der Waals surface area (Å²) in [7, 11) is -3.11. The first kappa shape index (κ1) is 19.9. The number of nitrogens with one attached hydrogen (secondary N) is 1. The van der Waals surface area contributed by atoms with Crippen LogP contribution in [-0.2, 0) is 20.0 Å². The summed E-state index contributed by atoms with van der Waals surface area (Å²) in [6, 6.07) is 7.21. The molecule has 1 aromatic carbocycles. The summed E-state index contributed by atoms with van der Waals surface area (Å²) in [6.45, 7) is 4.31. The lowest BCUT2D eigenvalue weighted by Gasteiger charge is -2.20. The van der Waals surface area contributed by atoms with E-state index in [4.69, 9.17) is 5.73 Å². The molecule has 0 aromatic heterocycles. The number of fused-ring (bicyclic) bond motifs is 1. The number of hydrogen-bond donors (Lipinski definition) is 2. The Kier molecular flexibility index (Phi) is 6.24. The van der Waals surface area contributed by atoms with Crippen molar-refractivity contribution >= 4 is 28.2 Å². The van der Waals surface area contributed by atoms with E-state index in [2.05, 4.69) is 25.2 Å². The van der Waals surface area contributed by atoms with Gasteiger partial charge in [0, 0.05) is 6.26 Å². The van der Waals surface area contributed by atoms with Gasteiger partial charge in [0.15, 0.2) is 0 Å². The SMILES string of the molecule is CC1(C)CC(NC(=O)C(N)CCS(C)(=O)=O)c2ccccc21.Cl. The molecule has 7 heteroatoms. The zero-order valence-electron chi connectivity index (χ0n) is 13.7. The molecule has 5 nitrogen and oxygen atoms in total. The van der Waals surface area contributed by atoms with Crippen molar-refractivity contribution in [1.29, 1.82) is 0 Å². The predicted molar refractivity (Wildman–Crippen MR) is 94.5 cm³/mol. The fourth-order valence-electron chi connectivity index (χ4n) is 3.03. The molecule has 0 spiro atoms. The average Bonchev–Trinajstić information content (AvgIpc) is 2.67. The quantitative estimate of drug-likeness (QED) is 0.836. The normalized spacial score (nSPS) is 20.3. The van der Waals surface area contributed by atoms with Gasteiger partial charge in [0.25, 0.3) is 0 Å². The van der Waals surface area contributed by atoms with Gasteiger partial charge >= 0.3 is 0 Å². The Balaban J connectivity index is 0.00000264. The van der Waals surface area contributed by atoms with Crippen LogP contribution in [0, 0.1) is 0 Å². The molecule has 0 saturated heterocycles. The Morgan fingerprint density at radius 3 is 2.61 bits per heavy atom. The zero-order valence-corrected chi connectivity index (χ0v) is 15.3. The number of carbonyl (C=O) groups excluding carboxylic acids is 1. The van der Waals surface area contributed by atoms with E-state index >= 15 is 0 Å². The minimum absolute atomic E-state index is 0. The van der Waals surface area contributed by atoms with Crippen LogP contribution < -0.4 is 11.1 Å². The molecule has 0 radical (unpaired) electrons. The van der Waals surface area contributed by atoms with Crippen LogP contribution in [0.1, 0.15) is 43.9 Å². The molecule has 1 aliphatic carbocycles. The highest BCUT2D eigenvalue weighted by molar-refractivity contribution is 7.90. The van der Waals surface area contributed by atoms with Crippen molar-refractivity contribution in [3.8, 4) is 0 Å². The van der Waals surface area contributed by atoms with Crippen molar-refractivity contribution in [2.75, 3.05) is 12.0 Å². The van der Waals surface area contributed by atoms with Gasteiger partial charge in [0.2, 0.25) is 5.91 Å². The molecule has 0 fully saturated rings. The van der Waals surface area contributed by atoms with E-state index in [0.717, 1.165) is 18.2 Å². The van der Waals surface area contributed by atoms with Crippen LogP contribution in [0.2, 0.25) is 0 Å². The van der Waals surface area contributed by atoms with E-state index in [1.807, 2.05) is 18.2 Å². The summed E-state index contributed by atoms with van der Waals surface area (Å²) in [5.74, 6) is -0.366. The van der Waals surface area contributed by atoms with E-state index in [1.54, 1.807) is 0 Å². The second-order valence-corrected chi connectivity index (χ2v) is 9.02. The van der Waals surface area contributed by atoms with Crippen molar-refractivity contribution in [2.24, 2.45) is 5.73 Å². The number of amides is 1. The number of sulfone groups is 1. The maximum Gasteiger partial charge on any atom is 0.237 e. The molecule has 1 aliphatic rings. The van der Waals surface area contributed by atoms with Crippen LogP contribution in [0.5, 0.6) is 0 Å². The van der Waals surface area contributed by atoms with Gasteiger partial charge < -0.3 is 11.1 Å². The first-order valence-corrected chi connectivity index (χ1v) is 9.49. The van der Waals surface area contributed by atoms with E-state index in [0.29, 0.717) is 0 Å². The van der Waals surface area contributed by atoms with Crippen LogP contribution in [0.3, 0.4) is 0 Å². The smallest absolute Gasteiger partial charge is 0.237 e. The molecule has 1 aromatic rings. The van der Waals surface area contributed by atoms with Gasteiger partial charge in [-0.3, -0.25) is 4.79 Å². The molecule has 0 bridgehead atoms. The second kappa shape index (κ2) is 7.20. The van der Waals surface area contributed by atoms with Crippen LogP contribution in [0.25, 0.3) is 0 Å². The molecule has 0 heterocycles. The number of carbonyl (C=O) groups is 1. The van der Waals surface area contributed by atoms with Gasteiger partial charge in [-0.25, -0.2) is 8.42 Å². The lowest BCUT2D eigenvalue weighted by atomic mass is 9.86. The van der Waals surface area contributed by atoms with Crippen molar-refractivity contribution in [1.82, 2.24) is 5.32 Å². The summed E-state index contributed by atoms with van der Waals surface area (Å²) in [4.78, 5) is 12.2. The van der Waals surface area contributed by atoms with Gasteiger partial charge in [-0.15, -0.1) is 12.4 Å². The maximum absolute atomic E-state index is 12.2. The third-order valence-electron chi connectivity index (χ3n) is 4.23. The lowest BCUT2D eigenvalue weighted by molar-refractivity contribution is -0.123. The number of benzene rings is 1. The Morgan fingerprint density at radius 2 is 2.00 bits per heavy atom. The van der Waals surface area contributed by atoms with Crippen LogP contribution in [-0.4, -0.2) is 32.4 Å². The van der Waals surface area contributed by atoms with Gasteiger partial charge in [-0.05, 0) is 29.4 Å². The molecule has 3 N–H and O–H groups in total. The number of halogens is 1. The number of nitrogens with two attached hydrogens (primary N) is 1. The van der Waals surface area contributed by atoms with E-state index in [9.17, 15) is 13.2 Å². The molecule has 23 heavy (non-hydrogen) atoms. The number of rotatable bonds is 5. The number of hydrogen-bond acceptors (Lipinski definition) is 4. The van der Waals surface area contributed by atoms with Crippen LogP contribution in [0.15, 0.2) is 24.3 Å². The van der Waals surface area contributed by atoms with Gasteiger partial charge in [0.1, 0.15) is 9.84 Å². The summed E-state index contributed by atoms with van der Waals surface area (Å²) in [6.07, 6.45) is 2.10. The highest BCUT2D eigenvalue weighted by Crippen LogP contribution is 2.44. The fourth-order valence-corrected chi connectivity index (χ4v) is 3.71. The lowest BCUT2D eigenvalue weighted by Crippen LogP contribution is -2.43. The van der Waals surface area contributed by atoms with Crippen LogP contribution in [0.4, 0.5) is 0 Å². The van der Waals surface area contributed by atoms with Crippen molar-refractivity contribution < 1.29 is 13.2 Å². The highest BCUT2D eigenvalue weighted by Gasteiger charge is 2.37. The Labute approximate surface area is 144 Å². The topological polar surface area (TPSA) is 89.3 Å². The fraction of sp³-hybridized carbons (Fsp3) is 0.562. The summed E-state index contributed by atoms with van der Waals surface area (Å²) >= 11 is 0. The first-order valence-electron chi connectivity index (χ1n) is 7.43. The molecule has 2 unspecified atom stereocenters. The Hall–Kier alpha value is -1.11. The van der Waals surface area contributed by atoms with Gasteiger partial charge in [0.05, 0.1) is 17.8 Å². The standard InChI is InChI=1S/C16H24N2O3S.ClH/c1-16(2)10-14(11-6-4-5-7-12(11)16)18-15(19)13(17)8-9-22(3,20)21;/h4-7,13-14H,8-10,17H2,1-3H3,(H,18,19);1H. The van der Waals surface area contributed by atoms with Crippen molar-refractivity contribution in [3.63, 3.8) is 0 Å². The summed E-state index contributed by atoms with van der Waals surface area (Å²) < 4.78 is 22.3. The molecular weight excluding hydrogens is 336 g/mol. The summed E-state index contributed by atoms with van der Waals surface area (Å²) in [5.41, 5.74) is 8.18. The van der Waals surface area contributed by atoms with Crippen molar-refractivity contribution in [3.05, 3.63) is 35.4 Å². The first-order chi connectivity index (χ1) is 10.1. The van der Waals surface area contributed by atoms with E-state index in [1.165, 1.54) is 5.56 Å². The van der Waals surface area contributed by atoms with E-state index in [-0.39, 0.29) is 41.9 Å². The minimum Gasteiger partial charge on any atom is -0.348 e. The summed E-state index contributed by atoms with van der Waals surface area (Å²) in [5, 5.41) is 2.97. The molecule has 1 amide bonds. The Morgan fingerprint density at radius 1 is 1.39 bits per heavy atom. The molecule has 0 aliphatic heterocycles. The largest absolute Gasteiger partial charge is 0.348 e. The molecular formula is C16H25ClN2O3S. The predicted octanol–water partition coefficient (Wildman–Crippen LogP) is 1.71. The molecule has 2 rings (SSSR count). The van der Waals surface area contributed by atoms with Crippen LogP contribution >= 0.6 is 12.4 Å². The minimum atomic E-state index is -3.11. The third kappa shape index (κ3) is 4.93. The van der Waals surface area contributed by atoms with Gasteiger partial charge in [-0.1, -0.05) is 38.1 Å². The average molecular weight is 361 g/mol. The monoisotopic (exact) mass is 360 g/mol. The second-order valence-electron chi connectivity index (χ2n) is 6.76. The molecule has 2 atom stereocenters. The Bertz CT molecular complexity index is 674. The van der Waals surface area contributed by atoms with Gasteiger partial charge in [-0.2, -0.15) is 0 Å². The maximum atomic E-state index is 12.2. The molecule has 0 saturated carbocycles. The zero-order chi connectivity index (χ0) is 16.5. The third-order valence-corrected chi connectivity index (χ3v) is 5.21. The van der Waals surface area contributed by atoms with Crippen molar-refractivity contribution in [2.45, 2.75) is 44.2 Å². The van der Waals surface area contributed by atoms with E-state index < -0.39 is 15.9 Å². The highest BCUT2D eigenvalue weighted by atomic mass is 35.5. The molecule has 130 valence electrons.